The van der Waals surface area contributed by atoms with Gasteiger partial charge in [-0.15, -0.1) is 0 Å². The van der Waals surface area contributed by atoms with Crippen molar-refractivity contribution in [2.24, 2.45) is 11.8 Å². The van der Waals surface area contributed by atoms with Crippen LogP contribution in [0.5, 0.6) is 5.75 Å². The lowest BCUT2D eigenvalue weighted by atomic mass is 10.1. The Hall–Kier alpha value is -1.58. The molecule has 3 nitrogen and oxygen atoms in total. The number of esters is 1. The Labute approximate surface area is 132 Å². The molecule has 1 aromatic carbocycles. The van der Waals surface area contributed by atoms with Gasteiger partial charge in [0.25, 0.3) is 0 Å². The van der Waals surface area contributed by atoms with Crippen LogP contribution in [-0.2, 0) is 16.0 Å². The van der Waals surface area contributed by atoms with Crippen LogP contribution in [0.25, 0.3) is 0 Å². The van der Waals surface area contributed by atoms with Crippen molar-refractivity contribution in [3.05, 3.63) is 29.6 Å². The van der Waals surface area contributed by atoms with Gasteiger partial charge >= 0.3 is 5.97 Å². The Bertz CT molecular complexity index is 469. The first-order valence-electron chi connectivity index (χ1n) is 7.98. The molecule has 0 aromatic heterocycles. The van der Waals surface area contributed by atoms with Gasteiger partial charge in [-0.1, -0.05) is 39.8 Å². The van der Waals surface area contributed by atoms with E-state index in [2.05, 4.69) is 0 Å². The molecule has 0 N–H and O–H groups in total. The minimum Gasteiger partial charge on any atom is -0.490 e. The summed E-state index contributed by atoms with van der Waals surface area (Å²) in [7, 11) is 0. The van der Waals surface area contributed by atoms with E-state index in [-0.39, 0.29) is 17.7 Å². The van der Waals surface area contributed by atoms with Gasteiger partial charge in [0, 0.05) is 0 Å². The van der Waals surface area contributed by atoms with Gasteiger partial charge in [0.05, 0.1) is 19.1 Å². The van der Waals surface area contributed by atoms with Crippen molar-refractivity contribution in [2.75, 3.05) is 13.2 Å². The van der Waals surface area contributed by atoms with Crippen LogP contribution < -0.4 is 4.74 Å². The van der Waals surface area contributed by atoms with Crippen LogP contribution in [-0.4, -0.2) is 19.2 Å². The minimum absolute atomic E-state index is 0.104. The van der Waals surface area contributed by atoms with E-state index >= 15 is 0 Å². The quantitative estimate of drug-likeness (QED) is 0.501. The second kappa shape index (κ2) is 9.44. The molecule has 0 aliphatic rings. The van der Waals surface area contributed by atoms with Gasteiger partial charge in [-0.05, 0) is 36.8 Å². The molecule has 0 bridgehead atoms. The van der Waals surface area contributed by atoms with Gasteiger partial charge in [0.1, 0.15) is 0 Å². The lowest BCUT2D eigenvalue weighted by Crippen LogP contribution is -2.12. The highest BCUT2D eigenvalue weighted by Gasteiger charge is 2.10. The van der Waals surface area contributed by atoms with Crippen molar-refractivity contribution in [3.8, 4) is 5.75 Å². The normalized spacial score (nSPS) is 11.0. The van der Waals surface area contributed by atoms with E-state index in [1.165, 1.54) is 0 Å². The van der Waals surface area contributed by atoms with Crippen LogP contribution >= 0.6 is 0 Å². The Morgan fingerprint density at radius 3 is 2.55 bits per heavy atom. The van der Waals surface area contributed by atoms with E-state index < -0.39 is 0 Å². The monoisotopic (exact) mass is 310 g/mol. The van der Waals surface area contributed by atoms with Gasteiger partial charge in [-0.3, -0.25) is 4.79 Å². The van der Waals surface area contributed by atoms with Crippen LogP contribution in [0.15, 0.2) is 18.2 Å². The van der Waals surface area contributed by atoms with Gasteiger partial charge in [-0.25, -0.2) is 4.39 Å². The van der Waals surface area contributed by atoms with E-state index in [9.17, 15) is 9.18 Å². The average molecular weight is 310 g/mol. The summed E-state index contributed by atoms with van der Waals surface area (Å²) < 4.78 is 24.8. The van der Waals surface area contributed by atoms with Gasteiger partial charge in [-0.2, -0.15) is 0 Å². The first-order chi connectivity index (χ1) is 10.4. The first-order valence-corrected chi connectivity index (χ1v) is 7.98. The van der Waals surface area contributed by atoms with Crippen molar-refractivity contribution in [1.82, 2.24) is 0 Å². The smallest absolute Gasteiger partial charge is 0.308 e. The molecule has 0 aliphatic heterocycles. The predicted molar refractivity (Wildman–Crippen MR) is 85.5 cm³/mol. The Morgan fingerprint density at radius 1 is 1.18 bits per heavy atom. The number of hydrogen-bond acceptors (Lipinski definition) is 3. The largest absolute Gasteiger partial charge is 0.490 e. The van der Waals surface area contributed by atoms with Crippen molar-refractivity contribution >= 4 is 5.97 Å². The number of aryl methyl sites for hydroxylation is 1. The highest BCUT2D eigenvalue weighted by molar-refractivity contribution is 5.71. The van der Waals surface area contributed by atoms with Crippen molar-refractivity contribution in [2.45, 2.75) is 47.0 Å². The molecule has 0 unspecified atom stereocenters. The zero-order valence-corrected chi connectivity index (χ0v) is 14.0. The molecule has 1 aromatic rings. The maximum atomic E-state index is 14.3. The summed E-state index contributed by atoms with van der Waals surface area (Å²) in [6, 6.07) is 5.25. The first kappa shape index (κ1) is 18.5. The third-order valence-corrected chi connectivity index (χ3v) is 3.17. The summed E-state index contributed by atoms with van der Waals surface area (Å²) in [5.41, 5.74) is 0.649. The summed E-state index contributed by atoms with van der Waals surface area (Å²) in [4.78, 5) is 11.3. The third-order valence-electron chi connectivity index (χ3n) is 3.17. The van der Waals surface area contributed by atoms with Crippen molar-refractivity contribution < 1.29 is 18.7 Å². The molecule has 0 fully saturated rings. The molecule has 0 saturated heterocycles. The summed E-state index contributed by atoms with van der Waals surface area (Å²) in [6.07, 6.45) is 2.12. The van der Waals surface area contributed by atoms with E-state index in [1.54, 1.807) is 26.0 Å². The molecule has 0 spiro atoms. The average Bonchev–Trinajstić information content (AvgIpc) is 2.46. The molecule has 0 atom stereocenters. The fraction of sp³-hybridized carbons (Fsp3) is 0.611. The number of unbranched alkanes of at least 4 members (excludes halogenated alkanes) is 1. The van der Waals surface area contributed by atoms with Crippen LogP contribution in [0.3, 0.4) is 0 Å². The molecule has 0 saturated carbocycles. The van der Waals surface area contributed by atoms with E-state index in [4.69, 9.17) is 9.47 Å². The summed E-state index contributed by atoms with van der Waals surface area (Å²) >= 11 is 0. The van der Waals surface area contributed by atoms with E-state index in [1.807, 2.05) is 19.9 Å². The fourth-order valence-electron chi connectivity index (χ4n) is 1.87. The minimum atomic E-state index is -0.276. The topological polar surface area (TPSA) is 35.5 Å². The standard InChI is InChI=1S/C18H27FO3/c1-13(2)12-22-16-10-7-9-15(17(16)19)8-5-6-11-21-18(20)14(3)4/h7,9-10,13-14H,5-6,8,11-12H2,1-4H3. The third kappa shape index (κ3) is 6.46. The molecule has 22 heavy (non-hydrogen) atoms. The number of carbonyl (C=O) groups excluding carboxylic acids is 1. The summed E-state index contributed by atoms with van der Waals surface area (Å²) in [6.45, 7) is 8.56. The van der Waals surface area contributed by atoms with Crippen LogP contribution in [0.1, 0.15) is 46.1 Å². The molecular weight excluding hydrogens is 283 g/mol. The van der Waals surface area contributed by atoms with E-state index in [0.717, 1.165) is 12.8 Å². The zero-order chi connectivity index (χ0) is 16.5. The molecule has 0 radical (unpaired) electrons. The number of carbonyl (C=O) groups is 1. The number of rotatable bonds is 9. The lowest BCUT2D eigenvalue weighted by molar-refractivity contribution is -0.147. The maximum absolute atomic E-state index is 14.3. The van der Waals surface area contributed by atoms with Gasteiger partial charge < -0.3 is 9.47 Å². The lowest BCUT2D eigenvalue weighted by Gasteiger charge is -2.12. The predicted octanol–water partition coefficient (Wildman–Crippen LogP) is 4.38. The number of benzene rings is 1. The molecule has 4 heteroatoms. The second-order valence-corrected chi connectivity index (χ2v) is 6.21. The fourth-order valence-corrected chi connectivity index (χ4v) is 1.87. The Kier molecular flexibility index (Phi) is 7.92. The molecule has 1 rings (SSSR count). The van der Waals surface area contributed by atoms with Crippen LogP contribution in [0.2, 0.25) is 0 Å². The summed E-state index contributed by atoms with van der Waals surface area (Å²) in [5, 5.41) is 0. The van der Waals surface area contributed by atoms with Crippen molar-refractivity contribution in [3.63, 3.8) is 0 Å². The Morgan fingerprint density at radius 2 is 1.91 bits per heavy atom. The highest BCUT2D eigenvalue weighted by atomic mass is 19.1. The van der Waals surface area contributed by atoms with Crippen LogP contribution in [0, 0.1) is 17.7 Å². The number of ether oxygens (including phenoxy) is 2. The number of halogens is 1. The molecular formula is C18H27FO3. The Balaban J connectivity index is 2.39. The zero-order valence-electron chi connectivity index (χ0n) is 14.0. The molecule has 124 valence electrons. The second-order valence-electron chi connectivity index (χ2n) is 6.21. The van der Waals surface area contributed by atoms with Crippen LogP contribution in [0.4, 0.5) is 4.39 Å². The molecule has 0 amide bonds. The molecule has 0 aliphatic carbocycles. The van der Waals surface area contributed by atoms with E-state index in [0.29, 0.717) is 36.9 Å². The SMILES string of the molecule is CC(C)COc1cccc(CCCCOC(=O)C(C)C)c1F. The molecule has 0 heterocycles. The van der Waals surface area contributed by atoms with Gasteiger partial charge in [0.2, 0.25) is 0 Å². The van der Waals surface area contributed by atoms with Gasteiger partial charge in [0.15, 0.2) is 11.6 Å². The highest BCUT2D eigenvalue weighted by Crippen LogP contribution is 2.22. The summed E-state index contributed by atoms with van der Waals surface area (Å²) in [5.74, 6) is 0.112. The maximum Gasteiger partial charge on any atom is 0.308 e. The van der Waals surface area contributed by atoms with Crippen molar-refractivity contribution in [1.29, 1.82) is 0 Å². The number of hydrogen-bond donors (Lipinski definition) is 0.